The predicted molar refractivity (Wildman–Crippen MR) is 119 cm³/mol. The van der Waals surface area contributed by atoms with Crippen LogP contribution in [0.5, 0.6) is 0 Å². The molecular formula is C24H25N3O2. The quantitative estimate of drug-likeness (QED) is 0.581. The zero-order valence-electron chi connectivity index (χ0n) is 17.0. The number of allylic oxidation sites excluding steroid dienone is 3. The Hall–Kier alpha value is -3.47. The van der Waals surface area contributed by atoms with Gasteiger partial charge in [-0.05, 0) is 74.9 Å². The molecule has 2 aromatic rings. The molecule has 3 rings (SSSR count). The molecule has 1 aliphatic carbocycles. The van der Waals surface area contributed by atoms with Crippen LogP contribution in [0.1, 0.15) is 19.4 Å². The van der Waals surface area contributed by atoms with Gasteiger partial charge in [0.05, 0.1) is 17.0 Å². The van der Waals surface area contributed by atoms with Gasteiger partial charge in [-0.3, -0.25) is 9.59 Å². The molecule has 0 heterocycles. The minimum Gasteiger partial charge on any atom is -0.372 e. The van der Waals surface area contributed by atoms with Gasteiger partial charge >= 0.3 is 0 Å². The molecule has 0 fully saturated rings. The Morgan fingerprint density at radius 3 is 2.41 bits per heavy atom. The number of amides is 1. The number of hydrogen-bond acceptors (Lipinski definition) is 4. The van der Waals surface area contributed by atoms with E-state index >= 15 is 0 Å². The number of carbonyl (C=O) groups is 2. The summed E-state index contributed by atoms with van der Waals surface area (Å²) >= 11 is 0. The first-order valence-corrected chi connectivity index (χ1v) is 9.76. The van der Waals surface area contributed by atoms with Crippen molar-refractivity contribution in [2.75, 3.05) is 23.3 Å². The summed E-state index contributed by atoms with van der Waals surface area (Å²) < 4.78 is 0. The maximum Gasteiger partial charge on any atom is 0.259 e. The Morgan fingerprint density at radius 2 is 1.76 bits per heavy atom. The normalized spacial score (nSPS) is 14.7. The molecular weight excluding hydrogens is 362 g/mol. The van der Waals surface area contributed by atoms with E-state index in [-0.39, 0.29) is 11.4 Å². The highest BCUT2D eigenvalue weighted by atomic mass is 16.2. The van der Waals surface area contributed by atoms with Gasteiger partial charge in [-0.25, -0.2) is 4.99 Å². The number of nitrogens with one attached hydrogen (secondary N) is 1. The van der Waals surface area contributed by atoms with E-state index in [1.807, 2.05) is 37.3 Å². The van der Waals surface area contributed by atoms with Gasteiger partial charge < -0.3 is 10.2 Å². The highest BCUT2D eigenvalue weighted by Gasteiger charge is 2.20. The van der Waals surface area contributed by atoms with Gasteiger partial charge in [-0.2, -0.15) is 0 Å². The van der Waals surface area contributed by atoms with Crippen molar-refractivity contribution in [3.8, 4) is 0 Å². The van der Waals surface area contributed by atoms with E-state index in [1.165, 1.54) is 6.08 Å². The summed E-state index contributed by atoms with van der Waals surface area (Å²) in [7, 11) is 0. The summed E-state index contributed by atoms with van der Waals surface area (Å²) in [4.78, 5) is 31.7. The lowest BCUT2D eigenvalue weighted by Crippen LogP contribution is -2.22. The van der Waals surface area contributed by atoms with Crippen molar-refractivity contribution < 1.29 is 9.59 Å². The highest BCUT2D eigenvalue weighted by Crippen LogP contribution is 2.26. The number of nitrogens with zero attached hydrogens (tertiary/aromatic N) is 2. The minimum atomic E-state index is -0.438. The first kappa shape index (κ1) is 20.3. The highest BCUT2D eigenvalue weighted by molar-refractivity contribution is 6.33. The molecule has 0 saturated heterocycles. The Morgan fingerprint density at radius 1 is 1.03 bits per heavy atom. The molecule has 0 aromatic heterocycles. The van der Waals surface area contributed by atoms with Gasteiger partial charge in [0.25, 0.3) is 5.91 Å². The molecule has 0 saturated carbocycles. The zero-order valence-corrected chi connectivity index (χ0v) is 17.0. The van der Waals surface area contributed by atoms with E-state index in [1.54, 1.807) is 24.3 Å². The number of benzene rings is 2. The van der Waals surface area contributed by atoms with Crippen LogP contribution < -0.4 is 10.2 Å². The molecule has 1 aliphatic rings. The Labute approximate surface area is 171 Å². The Balaban J connectivity index is 1.85. The standard InChI is InChI=1S/C24H25N3O2/c1-4-27(5-2)20-12-13-22(17(3)15-20)25-19-11-14-23(28)21(16-19)24(29)26-18-9-7-6-8-10-18/h6-16H,4-5H2,1-3H3,(H,26,29). The number of ketones is 1. The van der Waals surface area contributed by atoms with E-state index in [4.69, 9.17) is 0 Å². The van der Waals surface area contributed by atoms with Gasteiger partial charge in [0.15, 0.2) is 5.78 Å². The summed E-state index contributed by atoms with van der Waals surface area (Å²) in [5, 5.41) is 2.75. The lowest BCUT2D eigenvalue weighted by atomic mass is 10.0. The van der Waals surface area contributed by atoms with Crippen LogP contribution in [-0.2, 0) is 9.59 Å². The van der Waals surface area contributed by atoms with E-state index in [0.29, 0.717) is 11.4 Å². The second kappa shape index (κ2) is 9.15. The Bertz CT molecular complexity index is 1000. The molecule has 5 nitrogen and oxygen atoms in total. The summed E-state index contributed by atoms with van der Waals surface area (Å²) in [5.74, 6) is -0.766. The number of hydrogen-bond donors (Lipinski definition) is 1. The number of aliphatic imine (C=N–C) groups is 1. The SMILES string of the molecule is CCN(CC)c1ccc(N=C2C=CC(=O)C(C(=O)Nc3ccccc3)=C2)c(C)c1. The largest absolute Gasteiger partial charge is 0.372 e. The monoisotopic (exact) mass is 387 g/mol. The fraction of sp³-hybridized carbons (Fsp3) is 0.208. The first-order chi connectivity index (χ1) is 14.0. The maximum absolute atomic E-state index is 12.5. The molecule has 2 aromatic carbocycles. The molecule has 148 valence electrons. The zero-order chi connectivity index (χ0) is 20.8. The second-order valence-electron chi connectivity index (χ2n) is 6.76. The van der Waals surface area contributed by atoms with Crippen LogP contribution >= 0.6 is 0 Å². The first-order valence-electron chi connectivity index (χ1n) is 9.76. The lowest BCUT2D eigenvalue weighted by Gasteiger charge is -2.21. The molecule has 1 N–H and O–H groups in total. The van der Waals surface area contributed by atoms with Crippen molar-refractivity contribution in [1.82, 2.24) is 0 Å². The molecule has 0 atom stereocenters. The van der Waals surface area contributed by atoms with Gasteiger partial charge in [0.1, 0.15) is 0 Å². The number of aryl methyl sites for hydroxylation is 1. The van der Waals surface area contributed by atoms with Crippen molar-refractivity contribution in [3.63, 3.8) is 0 Å². The summed E-state index contributed by atoms with van der Waals surface area (Å²) in [6, 6.07) is 15.2. The average Bonchev–Trinajstić information content (AvgIpc) is 2.73. The summed E-state index contributed by atoms with van der Waals surface area (Å²) in [5.41, 5.74) is 4.30. The molecule has 0 unspecified atom stereocenters. The second-order valence-corrected chi connectivity index (χ2v) is 6.76. The molecule has 5 heteroatoms. The number of carbonyl (C=O) groups excluding carboxylic acids is 2. The smallest absolute Gasteiger partial charge is 0.259 e. The third-order valence-corrected chi connectivity index (χ3v) is 4.80. The van der Waals surface area contributed by atoms with Crippen LogP contribution in [0.25, 0.3) is 0 Å². The fourth-order valence-electron chi connectivity index (χ4n) is 3.17. The van der Waals surface area contributed by atoms with Crippen LogP contribution in [-0.4, -0.2) is 30.5 Å². The van der Waals surface area contributed by atoms with Crippen molar-refractivity contribution in [3.05, 3.63) is 77.9 Å². The molecule has 0 aliphatic heterocycles. The van der Waals surface area contributed by atoms with E-state index < -0.39 is 5.91 Å². The van der Waals surface area contributed by atoms with Crippen LogP contribution in [0.3, 0.4) is 0 Å². The molecule has 1 amide bonds. The van der Waals surface area contributed by atoms with Crippen LogP contribution in [0, 0.1) is 6.92 Å². The molecule has 29 heavy (non-hydrogen) atoms. The third kappa shape index (κ3) is 4.88. The predicted octanol–water partition coefficient (Wildman–Crippen LogP) is 4.62. The van der Waals surface area contributed by atoms with Crippen molar-refractivity contribution in [2.24, 2.45) is 4.99 Å². The van der Waals surface area contributed by atoms with Crippen molar-refractivity contribution >= 4 is 34.5 Å². The van der Waals surface area contributed by atoms with Crippen LogP contribution in [0.15, 0.2) is 77.3 Å². The number of anilines is 2. The molecule has 0 radical (unpaired) electrons. The lowest BCUT2D eigenvalue weighted by molar-refractivity contribution is -0.117. The van der Waals surface area contributed by atoms with Crippen LogP contribution in [0.2, 0.25) is 0 Å². The fourth-order valence-corrected chi connectivity index (χ4v) is 3.17. The maximum atomic E-state index is 12.5. The van der Waals surface area contributed by atoms with E-state index in [0.717, 1.165) is 30.0 Å². The van der Waals surface area contributed by atoms with Gasteiger partial charge in [-0.1, -0.05) is 18.2 Å². The average molecular weight is 387 g/mol. The van der Waals surface area contributed by atoms with E-state index in [2.05, 4.69) is 35.1 Å². The third-order valence-electron chi connectivity index (χ3n) is 4.80. The van der Waals surface area contributed by atoms with Crippen molar-refractivity contribution in [2.45, 2.75) is 20.8 Å². The summed E-state index contributed by atoms with van der Waals surface area (Å²) in [6.45, 7) is 8.15. The van der Waals surface area contributed by atoms with E-state index in [9.17, 15) is 9.59 Å². The minimum absolute atomic E-state index is 0.0764. The summed E-state index contributed by atoms with van der Waals surface area (Å²) in [6.07, 6.45) is 4.57. The topological polar surface area (TPSA) is 61.8 Å². The Kier molecular flexibility index (Phi) is 6.39. The van der Waals surface area contributed by atoms with Gasteiger partial charge in [0, 0.05) is 24.5 Å². The molecule has 0 bridgehead atoms. The number of para-hydroxylation sites is 1. The number of rotatable bonds is 6. The van der Waals surface area contributed by atoms with Gasteiger partial charge in [0.2, 0.25) is 0 Å². The molecule has 0 spiro atoms. The van der Waals surface area contributed by atoms with Gasteiger partial charge in [-0.15, -0.1) is 0 Å². The van der Waals surface area contributed by atoms with Crippen LogP contribution in [0.4, 0.5) is 17.1 Å². The van der Waals surface area contributed by atoms with Crippen molar-refractivity contribution in [1.29, 1.82) is 0 Å².